The molecule has 0 radical (unpaired) electrons. The van der Waals surface area contributed by atoms with Crippen LogP contribution in [0.3, 0.4) is 0 Å². The van der Waals surface area contributed by atoms with E-state index in [9.17, 15) is 14.4 Å². The zero-order valence-corrected chi connectivity index (χ0v) is 13.5. The normalized spacial score (nSPS) is 17.7. The molecule has 0 unspecified atom stereocenters. The van der Waals surface area contributed by atoms with Gasteiger partial charge in [-0.25, -0.2) is 4.79 Å². The number of likely N-dealkylation sites (tertiary alicyclic amines) is 1. The number of carbonyl (C=O) groups is 3. The average Bonchev–Trinajstić information content (AvgIpc) is 2.51. The van der Waals surface area contributed by atoms with Gasteiger partial charge in [0, 0.05) is 6.54 Å². The van der Waals surface area contributed by atoms with Crippen LogP contribution in [0.5, 0.6) is 0 Å². The molecule has 1 fully saturated rings. The van der Waals surface area contributed by atoms with E-state index >= 15 is 0 Å². The molecule has 1 aromatic rings. The molecule has 0 aliphatic carbocycles. The Bertz CT molecular complexity index is 607. The van der Waals surface area contributed by atoms with Crippen molar-refractivity contribution in [3.8, 4) is 0 Å². The summed E-state index contributed by atoms with van der Waals surface area (Å²) in [5, 5.41) is 0. The molecule has 1 aliphatic rings. The summed E-state index contributed by atoms with van der Waals surface area (Å²) in [5.41, 5.74) is 7.66. The fraction of sp³-hybridized carbons (Fsp3) is 0.471. The maximum atomic E-state index is 12.2. The maximum absolute atomic E-state index is 12.2. The molecular weight excluding hydrogens is 296 g/mol. The van der Waals surface area contributed by atoms with E-state index in [-0.39, 0.29) is 12.5 Å². The number of rotatable bonds is 4. The quantitative estimate of drug-likeness (QED) is 0.848. The van der Waals surface area contributed by atoms with E-state index < -0.39 is 17.9 Å². The minimum Gasteiger partial charge on any atom is -0.452 e. The van der Waals surface area contributed by atoms with E-state index in [1.807, 2.05) is 19.9 Å². The minimum atomic E-state index is -0.601. The molecule has 0 saturated carbocycles. The van der Waals surface area contributed by atoms with Crippen molar-refractivity contribution >= 4 is 17.8 Å². The van der Waals surface area contributed by atoms with Crippen LogP contribution in [-0.2, 0) is 14.3 Å². The van der Waals surface area contributed by atoms with Crippen molar-refractivity contribution in [3.63, 3.8) is 0 Å². The number of carbonyl (C=O) groups excluding carboxylic acids is 3. The molecule has 124 valence electrons. The van der Waals surface area contributed by atoms with Gasteiger partial charge in [-0.15, -0.1) is 0 Å². The molecule has 1 aromatic carbocycles. The van der Waals surface area contributed by atoms with Crippen molar-refractivity contribution in [2.24, 2.45) is 5.73 Å². The lowest BCUT2D eigenvalue weighted by atomic mass is 10.0. The molecule has 1 atom stereocenters. The summed E-state index contributed by atoms with van der Waals surface area (Å²) in [6, 6.07) is 4.78. The van der Waals surface area contributed by atoms with Gasteiger partial charge in [-0.2, -0.15) is 0 Å². The Morgan fingerprint density at radius 1 is 1.17 bits per heavy atom. The third-order valence-corrected chi connectivity index (χ3v) is 3.94. The van der Waals surface area contributed by atoms with Gasteiger partial charge >= 0.3 is 5.97 Å². The topological polar surface area (TPSA) is 89.7 Å². The minimum absolute atomic E-state index is 0.379. The number of benzene rings is 1. The Morgan fingerprint density at radius 2 is 1.83 bits per heavy atom. The van der Waals surface area contributed by atoms with Gasteiger partial charge in [0.1, 0.15) is 6.04 Å². The summed E-state index contributed by atoms with van der Waals surface area (Å²) in [4.78, 5) is 37.1. The van der Waals surface area contributed by atoms with Crippen molar-refractivity contribution in [1.29, 1.82) is 0 Å². The van der Waals surface area contributed by atoms with E-state index in [0.29, 0.717) is 18.5 Å². The Balaban J connectivity index is 1.97. The molecule has 0 bridgehead atoms. The van der Waals surface area contributed by atoms with Gasteiger partial charge in [0.25, 0.3) is 5.91 Å². The van der Waals surface area contributed by atoms with Crippen LogP contribution in [-0.4, -0.2) is 41.9 Å². The number of nitrogens with zero attached hydrogens (tertiary/aromatic N) is 1. The first-order valence-electron chi connectivity index (χ1n) is 7.72. The summed E-state index contributed by atoms with van der Waals surface area (Å²) in [7, 11) is 0. The fourth-order valence-corrected chi connectivity index (χ4v) is 2.91. The lowest BCUT2D eigenvalue weighted by Crippen LogP contribution is -2.51. The van der Waals surface area contributed by atoms with Crippen LogP contribution >= 0.6 is 0 Å². The summed E-state index contributed by atoms with van der Waals surface area (Å²) in [6.45, 7) is 3.86. The van der Waals surface area contributed by atoms with E-state index in [4.69, 9.17) is 10.5 Å². The van der Waals surface area contributed by atoms with E-state index in [1.54, 1.807) is 12.1 Å². The van der Waals surface area contributed by atoms with Gasteiger partial charge < -0.3 is 15.4 Å². The fourth-order valence-electron chi connectivity index (χ4n) is 2.91. The molecule has 6 nitrogen and oxygen atoms in total. The molecule has 1 heterocycles. The van der Waals surface area contributed by atoms with Crippen molar-refractivity contribution in [1.82, 2.24) is 4.90 Å². The smallest absolute Gasteiger partial charge is 0.338 e. The van der Waals surface area contributed by atoms with Crippen LogP contribution in [0.15, 0.2) is 18.2 Å². The van der Waals surface area contributed by atoms with E-state index in [2.05, 4.69) is 0 Å². The Labute approximate surface area is 135 Å². The monoisotopic (exact) mass is 318 g/mol. The Morgan fingerprint density at radius 3 is 2.43 bits per heavy atom. The molecule has 0 aromatic heterocycles. The highest BCUT2D eigenvalue weighted by molar-refractivity contribution is 5.92. The number of nitrogens with two attached hydrogens (primary N) is 1. The zero-order chi connectivity index (χ0) is 17.0. The number of piperidine rings is 1. The van der Waals surface area contributed by atoms with Gasteiger partial charge in [-0.1, -0.05) is 17.2 Å². The molecule has 1 saturated heterocycles. The van der Waals surface area contributed by atoms with Gasteiger partial charge in [0.15, 0.2) is 6.61 Å². The SMILES string of the molecule is Cc1cc(C)cc(C(=O)OCC(=O)N2CCCC[C@H]2C(N)=O)c1. The zero-order valence-electron chi connectivity index (χ0n) is 13.5. The summed E-state index contributed by atoms with van der Waals surface area (Å²) < 4.78 is 5.10. The number of amides is 2. The third-order valence-electron chi connectivity index (χ3n) is 3.94. The number of ether oxygens (including phenoxy) is 1. The van der Waals surface area contributed by atoms with Crippen LogP contribution in [0.1, 0.15) is 40.7 Å². The van der Waals surface area contributed by atoms with Gasteiger partial charge in [0.2, 0.25) is 5.91 Å². The highest BCUT2D eigenvalue weighted by atomic mass is 16.5. The molecular formula is C17H22N2O4. The second-order valence-electron chi connectivity index (χ2n) is 5.95. The first-order chi connectivity index (χ1) is 10.9. The largest absolute Gasteiger partial charge is 0.452 e. The lowest BCUT2D eigenvalue weighted by molar-refractivity contribution is -0.143. The molecule has 23 heavy (non-hydrogen) atoms. The van der Waals surface area contributed by atoms with Crippen LogP contribution in [0.25, 0.3) is 0 Å². The molecule has 6 heteroatoms. The van der Waals surface area contributed by atoms with Crippen molar-refractivity contribution in [2.75, 3.05) is 13.2 Å². The van der Waals surface area contributed by atoms with Crippen molar-refractivity contribution in [3.05, 3.63) is 34.9 Å². The predicted molar refractivity (Wildman–Crippen MR) is 84.7 cm³/mol. The van der Waals surface area contributed by atoms with E-state index in [1.165, 1.54) is 4.90 Å². The third kappa shape index (κ3) is 4.31. The lowest BCUT2D eigenvalue weighted by Gasteiger charge is -2.33. The number of primary amides is 1. The molecule has 0 spiro atoms. The number of hydrogen-bond acceptors (Lipinski definition) is 4. The molecule has 2 rings (SSSR count). The van der Waals surface area contributed by atoms with Crippen molar-refractivity contribution < 1.29 is 19.1 Å². The first kappa shape index (κ1) is 17.0. The molecule has 1 aliphatic heterocycles. The summed E-state index contributed by atoms with van der Waals surface area (Å²) >= 11 is 0. The second-order valence-corrected chi connectivity index (χ2v) is 5.95. The second kappa shape index (κ2) is 7.26. The van der Waals surface area contributed by atoms with Gasteiger partial charge in [-0.3, -0.25) is 9.59 Å². The summed E-state index contributed by atoms with van der Waals surface area (Å²) in [6.07, 6.45) is 2.24. The van der Waals surface area contributed by atoms with Crippen molar-refractivity contribution in [2.45, 2.75) is 39.2 Å². The van der Waals surface area contributed by atoms with Gasteiger partial charge in [-0.05, 0) is 45.2 Å². The first-order valence-corrected chi connectivity index (χ1v) is 7.72. The van der Waals surface area contributed by atoms with Crippen LogP contribution in [0, 0.1) is 13.8 Å². The van der Waals surface area contributed by atoms with E-state index in [0.717, 1.165) is 24.0 Å². The maximum Gasteiger partial charge on any atom is 0.338 e. The van der Waals surface area contributed by atoms with Crippen LogP contribution in [0.2, 0.25) is 0 Å². The summed E-state index contributed by atoms with van der Waals surface area (Å²) in [5.74, 6) is -1.44. The average molecular weight is 318 g/mol. The van der Waals surface area contributed by atoms with Gasteiger partial charge in [0.05, 0.1) is 5.56 Å². The number of aryl methyl sites for hydroxylation is 2. The Hall–Kier alpha value is -2.37. The highest BCUT2D eigenvalue weighted by Crippen LogP contribution is 2.17. The molecule has 2 N–H and O–H groups in total. The predicted octanol–water partition coefficient (Wildman–Crippen LogP) is 1.33. The number of hydrogen-bond donors (Lipinski definition) is 1. The Kier molecular flexibility index (Phi) is 5.36. The molecule has 2 amide bonds. The highest BCUT2D eigenvalue weighted by Gasteiger charge is 2.31. The van der Waals surface area contributed by atoms with Crippen LogP contribution in [0.4, 0.5) is 0 Å². The standard InChI is InChI=1S/C17H22N2O4/c1-11-7-12(2)9-13(8-11)17(22)23-10-15(20)19-6-4-3-5-14(19)16(18)21/h7-9,14H,3-6,10H2,1-2H3,(H2,18,21)/t14-/m0/s1. The van der Waals surface area contributed by atoms with Crippen LogP contribution < -0.4 is 5.73 Å². The number of esters is 1.